The smallest absolute Gasteiger partial charge is 0.119 e. The molecule has 0 saturated carbocycles. The number of pyridine rings is 1. The number of benzene rings is 2. The molecule has 2 aromatic carbocycles. The lowest BCUT2D eigenvalue weighted by Crippen LogP contribution is -2.22. The van der Waals surface area contributed by atoms with Crippen LogP contribution in [0.4, 0.5) is 5.69 Å². The van der Waals surface area contributed by atoms with Crippen molar-refractivity contribution in [1.29, 1.82) is 5.26 Å². The molecule has 0 fully saturated rings. The van der Waals surface area contributed by atoms with Crippen LogP contribution in [0.15, 0.2) is 77.5 Å². The minimum atomic E-state index is -0.269. The lowest BCUT2D eigenvalue weighted by Gasteiger charge is -2.26. The molecule has 0 amide bonds. The predicted octanol–water partition coefficient (Wildman–Crippen LogP) is 5.39. The summed E-state index contributed by atoms with van der Waals surface area (Å²) in [6.45, 7) is 0. The molecule has 1 heterocycles. The number of rotatable bonds is 7. The normalized spacial score (nSPS) is 12.6. The maximum atomic E-state index is 9.92. The molecule has 0 aliphatic carbocycles. The van der Waals surface area contributed by atoms with Gasteiger partial charge in [0.2, 0.25) is 0 Å². The van der Waals surface area contributed by atoms with Gasteiger partial charge < -0.3 is 10.1 Å². The van der Waals surface area contributed by atoms with Crippen molar-refractivity contribution in [3.8, 4) is 11.8 Å². The van der Waals surface area contributed by atoms with Crippen LogP contribution in [-0.4, -0.2) is 12.1 Å². The van der Waals surface area contributed by atoms with Crippen LogP contribution < -0.4 is 10.1 Å². The van der Waals surface area contributed by atoms with E-state index >= 15 is 0 Å². The highest BCUT2D eigenvalue weighted by molar-refractivity contribution is 9.10. The van der Waals surface area contributed by atoms with Crippen molar-refractivity contribution in [2.75, 3.05) is 12.4 Å². The van der Waals surface area contributed by atoms with Gasteiger partial charge in [0.25, 0.3) is 0 Å². The second-order valence-corrected chi connectivity index (χ2v) is 6.91. The first-order valence-electron chi connectivity index (χ1n) is 8.66. The number of halogens is 1. The maximum Gasteiger partial charge on any atom is 0.119 e. The van der Waals surface area contributed by atoms with Gasteiger partial charge in [0, 0.05) is 17.4 Å². The van der Waals surface area contributed by atoms with Gasteiger partial charge in [-0.15, -0.1) is 0 Å². The summed E-state index contributed by atoms with van der Waals surface area (Å²) in [4.78, 5) is 4.34. The average Bonchev–Trinajstić information content (AvgIpc) is 2.72. The van der Waals surface area contributed by atoms with Gasteiger partial charge in [0.05, 0.1) is 25.1 Å². The van der Waals surface area contributed by atoms with Crippen LogP contribution in [0.2, 0.25) is 0 Å². The van der Waals surface area contributed by atoms with Crippen LogP contribution in [0.25, 0.3) is 0 Å². The molecular formula is C22H20BrN3O. The van der Waals surface area contributed by atoms with E-state index in [1.807, 2.05) is 66.7 Å². The van der Waals surface area contributed by atoms with E-state index in [9.17, 15) is 5.26 Å². The van der Waals surface area contributed by atoms with Gasteiger partial charge in [-0.05, 0) is 58.2 Å². The van der Waals surface area contributed by atoms with E-state index in [1.165, 1.54) is 0 Å². The van der Waals surface area contributed by atoms with Crippen LogP contribution in [0.1, 0.15) is 17.2 Å². The summed E-state index contributed by atoms with van der Waals surface area (Å²) in [5.74, 6) is 0.524. The van der Waals surface area contributed by atoms with Crippen molar-refractivity contribution in [2.24, 2.45) is 5.92 Å². The fraction of sp³-hybridized carbons (Fsp3) is 0.182. The fourth-order valence-corrected chi connectivity index (χ4v) is 3.50. The van der Waals surface area contributed by atoms with E-state index in [2.05, 4.69) is 32.3 Å². The second-order valence-electron chi connectivity index (χ2n) is 6.16. The predicted molar refractivity (Wildman–Crippen MR) is 111 cm³/mol. The van der Waals surface area contributed by atoms with Gasteiger partial charge in [-0.2, -0.15) is 5.26 Å². The van der Waals surface area contributed by atoms with Crippen molar-refractivity contribution in [3.05, 3.63) is 88.7 Å². The monoisotopic (exact) mass is 421 g/mol. The fourth-order valence-electron chi connectivity index (χ4n) is 3.00. The van der Waals surface area contributed by atoms with E-state index in [0.717, 1.165) is 27.2 Å². The van der Waals surface area contributed by atoms with Crippen LogP contribution in [0.3, 0.4) is 0 Å². The first-order chi connectivity index (χ1) is 13.2. The Balaban J connectivity index is 1.93. The van der Waals surface area contributed by atoms with Gasteiger partial charge >= 0.3 is 0 Å². The molecule has 0 spiro atoms. The third-order valence-electron chi connectivity index (χ3n) is 4.40. The van der Waals surface area contributed by atoms with Crippen molar-refractivity contribution >= 4 is 21.6 Å². The molecule has 3 aromatic rings. The Morgan fingerprint density at radius 1 is 1.07 bits per heavy atom. The molecule has 0 unspecified atom stereocenters. The quantitative estimate of drug-likeness (QED) is 0.519. The minimum Gasteiger partial charge on any atom is -0.497 e. The van der Waals surface area contributed by atoms with Crippen LogP contribution in [0, 0.1) is 17.2 Å². The number of anilines is 1. The van der Waals surface area contributed by atoms with E-state index < -0.39 is 0 Å². The Morgan fingerprint density at radius 2 is 1.81 bits per heavy atom. The number of ether oxygens (including phenoxy) is 1. The third-order valence-corrected chi connectivity index (χ3v) is 5.06. The Kier molecular flexibility index (Phi) is 6.45. The standard InChI is InChI=1S/C22H20BrN3O/c1-27-19-11-9-18(10-12-19)26-21(20-8-5-13-25-22(20)23)17(15-24)14-16-6-3-2-4-7-16/h2-13,17,21,26H,14H2,1H3/t17-,21+/m1/s1. The second kappa shape index (κ2) is 9.20. The van der Waals surface area contributed by atoms with Gasteiger partial charge in [-0.3, -0.25) is 0 Å². The molecule has 1 aromatic heterocycles. The van der Waals surface area contributed by atoms with Crippen LogP contribution in [-0.2, 0) is 6.42 Å². The molecule has 5 heteroatoms. The van der Waals surface area contributed by atoms with Crippen molar-refractivity contribution in [2.45, 2.75) is 12.5 Å². The highest BCUT2D eigenvalue weighted by atomic mass is 79.9. The molecule has 0 aliphatic heterocycles. The number of nitrogens with zero attached hydrogens (tertiary/aromatic N) is 2. The maximum absolute atomic E-state index is 9.92. The van der Waals surface area contributed by atoms with E-state index in [0.29, 0.717) is 6.42 Å². The zero-order chi connectivity index (χ0) is 19.1. The van der Waals surface area contributed by atoms with E-state index in [1.54, 1.807) is 13.3 Å². The average molecular weight is 422 g/mol. The van der Waals surface area contributed by atoms with Crippen LogP contribution >= 0.6 is 15.9 Å². The number of hydrogen-bond donors (Lipinski definition) is 1. The SMILES string of the molecule is COc1ccc(N[C@H](c2cccnc2Br)[C@@H](C#N)Cc2ccccc2)cc1. The summed E-state index contributed by atoms with van der Waals surface area (Å²) in [5, 5.41) is 13.4. The van der Waals surface area contributed by atoms with Crippen molar-refractivity contribution in [1.82, 2.24) is 4.98 Å². The lowest BCUT2D eigenvalue weighted by atomic mass is 9.89. The molecule has 1 N–H and O–H groups in total. The topological polar surface area (TPSA) is 57.9 Å². The molecule has 27 heavy (non-hydrogen) atoms. The van der Waals surface area contributed by atoms with Crippen molar-refractivity contribution in [3.63, 3.8) is 0 Å². The third kappa shape index (κ3) is 4.87. The molecule has 4 nitrogen and oxygen atoms in total. The summed E-state index contributed by atoms with van der Waals surface area (Å²) < 4.78 is 5.97. The first kappa shape index (κ1) is 18.9. The number of nitrogens with one attached hydrogen (secondary N) is 1. The molecule has 0 aliphatic rings. The Morgan fingerprint density at radius 3 is 2.44 bits per heavy atom. The van der Waals surface area contributed by atoms with E-state index in [4.69, 9.17) is 4.74 Å². The molecule has 0 bridgehead atoms. The van der Waals surface area contributed by atoms with E-state index in [-0.39, 0.29) is 12.0 Å². The summed E-state index contributed by atoms with van der Waals surface area (Å²) in [6, 6.07) is 23.9. The Hall–Kier alpha value is -2.84. The summed E-state index contributed by atoms with van der Waals surface area (Å²) in [5.41, 5.74) is 3.01. The number of aromatic nitrogens is 1. The van der Waals surface area contributed by atoms with Gasteiger partial charge in [0.1, 0.15) is 10.4 Å². The molecular weight excluding hydrogens is 402 g/mol. The molecule has 0 saturated heterocycles. The lowest BCUT2D eigenvalue weighted by molar-refractivity contribution is 0.415. The largest absolute Gasteiger partial charge is 0.497 e. The number of nitriles is 1. The Labute approximate surface area is 168 Å². The number of hydrogen-bond acceptors (Lipinski definition) is 4. The van der Waals surface area contributed by atoms with Gasteiger partial charge in [0.15, 0.2) is 0 Å². The Bertz CT molecular complexity index is 907. The molecule has 3 rings (SSSR count). The van der Waals surface area contributed by atoms with Crippen molar-refractivity contribution < 1.29 is 4.74 Å². The summed E-state index contributed by atoms with van der Waals surface area (Å²) in [7, 11) is 1.64. The summed E-state index contributed by atoms with van der Waals surface area (Å²) >= 11 is 3.54. The summed E-state index contributed by atoms with van der Waals surface area (Å²) in [6.07, 6.45) is 2.38. The molecule has 2 atom stereocenters. The minimum absolute atomic E-state index is 0.216. The van der Waals surface area contributed by atoms with Gasteiger partial charge in [-0.25, -0.2) is 4.98 Å². The molecule has 0 radical (unpaired) electrons. The highest BCUT2D eigenvalue weighted by Crippen LogP contribution is 2.33. The number of methoxy groups -OCH3 is 1. The first-order valence-corrected chi connectivity index (χ1v) is 9.45. The zero-order valence-electron chi connectivity index (χ0n) is 15.0. The van der Waals surface area contributed by atoms with Crippen LogP contribution in [0.5, 0.6) is 5.75 Å². The van der Waals surface area contributed by atoms with Gasteiger partial charge in [-0.1, -0.05) is 36.4 Å². The molecule has 136 valence electrons. The zero-order valence-corrected chi connectivity index (χ0v) is 16.6. The highest BCUT2D eigenvalue weighted by Gasteiger charge is 2.26.